The van der Waals surface area contributed by atoms with Gasteiger partial charge in [0.05, 0.1) is 10.0 Å². The second-order valence-corrected chi connectivity index (χ2v) is 8.38. The van der Waals surface area contributed by atoms with Gasteiger partial charge in [0.25, 0.3) is 5.91 Å². The number of rotatable bonds is 9. The fourth-order valence-electron chi connectivity index (χ4n) is 2.99. The quantitative estimate of drug-likeness (QED) is 0.403. The van der Waals surface area contributed by atoms with Gasteiger partial charge in [0.2, 0.25) is 0 Å². The van der Waals surface area contributed by atoms with Gasteiger partial charge in [-0.15, -0.1) is 0 Å². The lowest BCUT2D eigenvalue weighted by molar-refractivity contribution is 0.102. The molecule has 3 rings (SSSR count). The molecule has 3 aromatic rings. The van der Waals surface area contributed by atoms with Crippen molar-refractivity contribution in [2.75, 3.05) is 18.5 Å². The molecule has 2 aromatic carbocycles. The Bertz CT molecular complexity index is 1050. The number of aliphatic hydroxyl groups excluding tert-OH is 1. The first-order valence-electron chi connectivity index (χ1n) is 10.1. The molecule has 0 fully saturated rings. The summed E-state index contributed by atoms with van der Waals surface area (Å²) in [5.74, 6) is 0.521. The molecule has 0 aliphatic heterocycles. The average Bonchev–Trinajstić information content (AvgIpc) is 3.12. The maximum absolute atomic E-state index is 13.0. The van der Waals surface area contributed by atoms with Crippen LogP contribution in [0.15, 0.2) is 47.0 Å². The predicted molar refractivity (Wildman–Crippen MR) is 126 cm³/mol. The van der Waals surface area contributed by atoms with Crippen molar-refractivity contribution in [2.24, 2.45) is 0 Å². The number of ether oxygens (including phenoxy) is 1. The Balaban J connectivity index is 1.68. The molecule has 170 valence electrons. The van der Waals surface area contributed by atoms with Crippen LogP contribution in [0.4, 0.5) is 5.69 Å². The topological polar surface area (TPSA) is 96.6 Å². The van der Waals surface area contributed by atoms with Crippen LogP contribution in [0.5, 0.6) is 5.75 Å². The molecule has 0 saturated heterocycles. The summed E-state index contributed by atoms with van der Waals surface area (Å²) >= 11 is 12.6. The van der Waals surface area contributed by atoms with Gasteiger partial charge in [-0.25, -0.2) is 0 Å². The average molecular weight is 478 g/mol. The van der Waals surface area contributed by atoms with E-state index < -0.39 is 12.0 Å². The minimum Gasteiger partial charge on any atom is -0.491 e. The van der Waals surface area contributed by atoms with Crippen LogP contribution in [0.2, 0.25) is 10.0 Å². The first kappa shape index (κ1) is 24.1. The van der Waals surface area contributed by atoms with E-state index in [1.165, 1.54) is 0 Å². The minimum atomic E-state index is -0.622. The lowest BCUT2D eigenvalue weighted by atomic mass is 10.1. The SMILES string of the molecule is Cc1onc(-c2c(Cl)cccc2Cl)c1C(=O)Nc1ccc(OCC(O)CNC(C)C)cc1. The maximum Gasteiger partial charge on any atom is 0.261 e. The highest BCUT2D eigenvalue weighted by molar-refractivity contribution is 6.39. The fraction of sp³-hybridized carbons (Fsp3) is 0.304. The van der Waals surface area contributed by atoms with Crippen LogP contribution in [0.1, 0.15) is 30.0 Å². The number of anilines is 1. The Hall–Kier alpha value is -2.58. The van der Waals surface area contributed by atoms with Crippen LogP contribution in [0.25, 0.3) is 11.3 Å². The first-order valence-corrected chi connectivity index (χ1v) is 10.9. The number of benzene rings is 2. The number of nitrogens with zero attached hydrogens (tertiary/aromatic N) is 1. The van der Waals surface area contributed by atoms with Crippen molar-refractivity contribution in [3.63, 3.8) is 0 Å². The summed E-state index contributed by atoms with van der Waals surface area (Å²) in [6, 6.07) is 12.2. The van der Waals surface area contributed by atoms with E-state index in [4.69, 9.17) is 32.5 Å². The molecule has 1 aromatic heterocycles. The van der Waals surface area contributed by atoms with Gasteiger partial charge in [-0.2, -0.15) is 0 Å². The lowest BCUT2D eigenvalue weighted by Crippen LogP contribution is -2.35. The second kappa shape index (κ2) is 10.8. The lowest BCUT2D eigenvalue weighted by Gasteiger charge is -2.15. The van der Waals surface area contributed by atoms with E-state index in [0.717, 1.165) is 0 Å². The summed E-state index contributed by atoms with van der Waals surface area (Å²) in [4.78, 5) is 13.0. The van der Waals surface area contributed by atoms with E-state index in [2.05, 4.69) is 15.8 Å². The second-order valence-electron chi connectivity index (χ2n) is 7.57. The van der Waals surface area contributed by atoms with E-state index in [9.17, 15) is 9.90 Å². The zero-order chi connectivity index (χ0) is 23.3. The van der Waals surface area contributed by atoms with E-state index in [1.54, 1.807) is 49.4 Å². The number of hydrogen-bond donors (Lipinski definition) is 3. The molecule has 0 saturated carbocycles. The van der Waals surface area contributed by atoms with Gasteiger partial charge in [0, 0.05) is 23.8 Å². The number of aryl methyl sites for hydroxylation is 1. The van der Waals surface area contributed by atoms with Crippen LogP contribution in [0.3, 0.4) is 0 Å². The molecular weight excluding hydrogens is 453 g/mol. The largest absolute Gasteiger partial charge is 0.491 e. The van der Waals surface area contributed by atoms with E-state index in [-0.39, 0.29) is 23.9 Å². The van der Waals surface area contributed by atoms with E-state index >= 15 is 0 Å². The standard InChI is InChI=1S/C23H25Cl2N3O4/c1-13(2)26-11-16(29)12-31-17-9-7-15(8-10-17)27-23(30)20-14(3)32-28-22(20)21-18(24)5-4-6-19(21)25/h4-10,13,16,26,29H,11-12H2,1-3H3,(H,27,30). The Morgan fingerprint density at radius 3 is 2.44 bits per heavy atom. The third-order valence-corrected chi connectivity index (χ3v) is 5.24. The Kier molecular flexibility index (Phi) is 8.15. The zero-order valence-electron chi connectivity index (χ0n) is 18.0. The maximum atomic E-state index is 13.0. The molecule has 1 unspecified atom stereocenters. The van der Waals surface area contributed by atoms with Gasteiger partial charge < -0.3 is 25.0 Å². The van der Waals surface area contributed by atoms with E-state index in [0.29, 0.717) is 39.4 Å². The Morgan fingerprint density at radius 1 is 1.16 bits per heavy atom. The molecule has 9 heteroatoms. The Morgan fingerprint density at radius 2 is 1.81 bits per heavy atom. The summed E-state index contributed by atoms with van der Waals surface area (Å²) in [7, 11) is 0. The summed E-state index contributed by atoms with van der Waals surface area (Å²) < 4.78 is 10.8. The van der Waals surface area contributed by atoms with Gasteiger partial charge in [0.15, 0.2) is 0 Å². The highest BCUT2D eigenvalue weighted by Gasteiger charge is 2.25. The highest BCUT2D eigenvalue weighted by Crippen LogP contribution is 2.37. The summed E-state index contributed by atoms with van der Waals surface area (Å²) in [6.07, 6.45) is -0.622. The molecule has 0 aliphatic rings. The normalized spacial score (nSPS) is 12.1. The van der Waals surface area contributed by atoms with Crippen molar-refractivity contribution in [3.8, 4) is 17.0 Å². The monoisotopic (exact) mass is 477 g/mol. The van der Waals surface area contributed by atoms with Gasteiger partial charge in [0.1, 0.15) is 35.5 Å². The molecule has 1 heterocycles. The van der Waals surface area contributed by atoms with E-state index in [1.807, 2.05) is 13.8 Å². The number of amides is 1. The van der Waals surface area contributed by atoms with Crippen molar-refractivity contribution in [1.82, 2.24) is 10.5 Å². The van der Waals surface area contributed by atoms with Crippen LogP contribution < -0.4 is 15.4 Å². The summed E-state index contributed by atoms with van der Waals surface area (Å²) in [5, 5.41) is 20.6. The molecule has 0 aliphatic carbocycles. The predicted octanol–water partition coefficient (Wildman–Crippen LogP) is 4.95. The molecule has 1 amide bonds. The third kappa shape index (κ3) is 6.01. The molecule has 0 bridgehead atoms. The van der Waals surface area contributed by atoms with Crippen LogP contribution in [-0.4, -0.2) is 41.5 Å². The fourth-order valence-corrected chi connectivity index (χ4v) is 3.56. The smallest absolute Gasteiger partial charge is 0.261 e. The molecular formula is C23H25Cl2N3O4. The number of aliphatic hydroxyl groups is 1. The van der Waals surface area contributed by atoms with Crippen molar-refractivity contribution >= 4 is 34.8 Å². The van der Waals surface area contributed by atoms with Crippen molar-refractivity contribution < 1.29 is 19.2 Å². The van der Waals surface area contributed by atoms with Crippen LogP contribution in [0, 0.1) is 6.92 Å². The Labute approximate surface area is 196 Å². The van der Waals surface area contributed by atoms with Crippen LogP contribution >= 0.6 is 23.2 Å². The van der Waals surface area contributed by atoms with Gasteiger partial charge >= 0.3 is 0 Å². The highest BCUT2D eigenvalue weighted by atomic mass is 35.5. The molecule has 32 heavy (non-hydrogen) atoms. The molecule has 1 atom stereocenters. The zero-order valence-corrected chi connectivity index (χ0v) is 19.5. The number of nitrogens with one attached hydrogen (secondary N) is 2. The van der Waals surface area contributed by atoms with Gasteiger partial charge in [-0.3, -0.25) is 4.79 Å². The minimum absolute atomic E-state index is 0.160. The van der Waals surface area contributed by atoms with Gasteiger partial charge in [-0.1, -0.05) is 48.3 Å². The van der Waals surface area contributed by atoms with Crippen molar-refractivity contribution in [3.05, 3.63) is 63.8 Å². The molecule has 0 spiro atoms. The van der Waals surface area contributed by atoms with Crippen molar-refractivity contribution in [1.29, 1.82) is 0 Å². The van der Waals surface area contributed by atoms with Crippen molar-refractivity contribution in [2.45, 2.75) is 32.9 Å². The molecule has 7 nitrogen and oxygen atoms in total. The summed E-state index contributed by atoms with van der Waals surface area (Å²) in [6.45, 7) is 6.27. The van der Waals surface area contributed by atoms with Crippen LogP contribution in [-0.2, 0) is 0 Å². The number of hydrogen-bond acceptors (Lipinski definition) is 6. The first-order chi connectivity index (χ1) is 15.3. The summed E-state index contributed by atoms with van der Waals surface area (Å²) in [5.41, 5.74) is 1.52. The number of carbonyl (C=O) groups excluding carboxylic acids is 1. The van der Waals surface area contributed by atoms with Gasteiger partial charge in [-0.05, 0) is 43.3 Å². The number of halogens is 2. The molecule has 0 radical (unpaired) electrons. The molecule has 3 N–H and O–H groups in total. The third-order valence-electron chi connectivity index (χ3n) is 4.61. The number of carbonyl (C=O) groups is 1. The number of aromatic nitrogens is 1.